The van der Waals surface area contributed by atoms with Crippen molar-refractivity contribution in [3.05, 3.63) is 58.8 Å². The number of aliphatic hydroxyl groups excluding tert-OH is 1. The lowest BCUT2D eigenvalue weighted by atomic mass is 10.2. The topological polar surface area (TPSA) is 110 Å². The molecule has 1 fully saturated rings. The van der Waals surface area contributed by atoms with Crippen LogP contribution < -0.4 is 15.2 Å². The van der Waals surface area contributed by atoms with Crippen molar-refractivity contribution in [1.82, 2.24) is 9.62 Å². The molecule has 1 aliphatic heterocycles. The lowest BCUT2D eigenvalue weighted by Gasteiger charge is -2.16. The van der Waals surface area contributed by atoms with Crippen LogP contribution in [0.3, 0.4) is 0 Å². The van der Waals surface area contributed by atoms with Gasteiger partial charge >= 0.3 is 0 Å². The number of benzene rings is 2. The first-order chi connectivity index (χ1) is 14.4. The number of halogens is 1. The van der Waals surface area contributed by atoms with Crippen molar-refractivity contribution in [3.63, 3.8) is 0 Å². The fourth-order valence-corrected chi connectivity index (χ4v) is 4.73. The largest absolute Gasteiger partial charge is 0.484 e. The van der Waals surface area contributed by atoms with Gasteiger partial charge < -0.3 is 15.2 Å². The van der Waals surface area contributed by atoms with Crippen LogP contribution in [0.1, 0.15) is 18.4 Å². The Balaban J connectivity index is 1.54. The highest BCUT2D eigenvalue weighted by Gasteiger charge is 2.29. The minimum absolute atomic E-state index is 0.0123. The molecule has 0 saturated carbocycles. The molecule has 8 nitrogen and oxygen atoms in total. The smallest absolute Gasteiger partial charge is 0.296 e. The number of sulfonamides is 1. The second kappa shape index (κ2) is 10.1. The summed E-state index contributed by atoms with van der Waals surface area (Å²) in [6.07, 6.45) is 0.776. The van der Waals surface area contributed by atoms with Crippen LogP contribution in [0.25, 0.3) is 0 Å². The zero-order valence-electron chi connectivity index (χ0n) is 16.4. The molecule has 1 atom stereocenters. The SMILES string of the molecule is O=[NH+]c1cc(S(=O)(=O)N2CCCC2)ccc1OCC(O)CNCc1ccc(F)cc1. The van der Waals surface area contributed by atoms with E-state index in [-0.39, 0.29) is 35.3 Å². The third-order valence-corrected chi connectivity index (χ3v) is 6.71. The molecule has 3 N–H and O–H groups in total. The van der Waals surface area contributed by atoms with Crippen LogP contribution in [0.2, 0.25) is 0 Å². The number of aliphatic hydroxyl groups is 1. The van der Waals surface area contributed by atoms with Gasteiger partial charge in [-0.05, 0) is 42.7 Å². The van der Waals surface area contributed by atoms with Crippen molar-refractivity contribution in [1.29, 1.82) is 0 Å². The molecule has 3 rings (SSSR count). The maximum atomic E-state index is 12.9. The number of ether oxygens (including phenoxy) is 1. The minimum Gasteiger partial charge on any atom is -0.484 e. The zero-order valence-corrected chi connectivity index (χ0v) is 17.2. The summed E-state index contributed by atoms with van der Waals surface area (Å²) in [4.78, 5) is 11.3. The molecular weight excluding hydrogens is 413 g/mol. The molecule has 2 aromatic carbocycles. The van der Waals surface area contributed by atoms with E-state index in [1.807, 2.05) is 0 Å². The van der Waals surface area contributed by atoms with Crippen LogP contribution in [0.15, 0.2) is 47.4 Å². The van der Waals surface area contributed by atoms with Crippen LogP contribution in [0.4, 0.5) is 10.1 Å². The standard InChI is InChI=1S/C20H24FN3O5S/c21-16-5-3-15(4-6-16)12-22-13-17(25)14-29-20-8-7-18(11-19(20)23-26)30(27,28)24-9-1-2-10-24/h3-8,11,17,22,25H,1-2,9-10,12-14H2/p+1. The summed E-state index contributed by atoms with van der Waals surface area (Å²) >= 11 is 0. The summed E-state index contributed by atoms with van der Waals surface area (Å²) in [5.41, 5.74) is 0.860. The zero-order chi connectivity index (χ0) is 21.6. The Bertz CT molecular complexity index is 963. The van der Waals surface area contributed by atoms with E-state index in [1.54, 1.807) is 17.3 Å². The van der Waals surface area contributed by atoms with Crippen LogP contribution in [0, 0.1) is 10.7 Å². The molecule has 1 unspecified atom stereocenters. The predicted molar refractivity (Wildman–Crippen MR) is 108 cm³/mol. The normalized spacial score (nSPS) is 15.8. The number of nitrogens with one attached hydrogen (secondary N) is 2. The van der Waals surface area contributed by atoms with Crippen LogP contribution in [-0.2, 0) is 16.6 Å². The van der Waals surface area contributed by atoms with E-state index in [2.05, 4.69) is 5.32 Å². The fraction of sp³-hybridized carbons (Fsp3) is 0.400. The molecule has 0 amide bonds. The summed E-state index contributed by atoms with van der Waals surface area (Å²) in [6, 6.07) is 10.1. The molecule has 1 heterocycles. The quantitative estimate of drug-likeness (QED) is 0.502. The summed E-state index contributed by atoms with van der Waals surface area (Å²) < 4.78 is 45.0. The van der Waals surface area contributed by atoms with Crippen LogP contribution in [0.5, 0.6) is 5.75 Å². The second-order valence-corrected chi connectivity index (χ2v) is 9.03. The Labute approximate surface area is 174 Å². The molecular formula is C20H25FN3O5S+. The Morgan fingerprint density at radius 2 is 1.87 bits per heavy atom. The number of nitrogens with zero attached hydrogens (tertiary/aromatic N) is 1. The number of nitroso groups, excluding NO2 is 1. The first-order valence-corrected chi connectivity index (χ1v) is 11.1. The van der Waals surface area contributed by atoms with Crippen LogP contribution in [-0.4, -0.2) is 50.2 Å². The molecule has 0 radical (unpaired) electrons. The van der Waals surface area contributed by atoms with Gasteiger partial charge in [0.25, 0.3) is 5.69 Å². The molecule has 10 heteroatoms. The first-order valence-electron chi connectivity index (χ1n) is 9.68. The highest BCUT2D eigenvalue weighted by Crippen LogP contribution is 2.27. The maximum absolute atomic E-state index is 12.9. The van der Waals surface area contributed by atoms with Crippen LogP contribution >= 0.6 is 0 Å². The Morgan fingerprint density at radius 3 is 2.53 bits per heavy atom. The van der Waals surface area contributed by atoms with Gasteiger partial charge in [0.05, 0.1) is 4.90 Å². The van der Waals surface area contributed by atoms with Crippen molar-refractivity contribution in [2.45, 2.75) is 30.4 Å². The molecule has 0 spiro atoms. The van der Waals surface area contributed by atoms with E-state index in [0.717, 1.165) is 18.4 Å². The Kier molecular flexibility index (Phi) is 7.48. The third kappa shape index (κ3) is 5.60. The first kappa shape index (κ1) is 22.3. The maximum Gasteiger partial charge on any atom is 0.296 e. The minimum atomic E-state index is -3.64. The van der Waals surface area contributed by atoms with Crippen molar-refractivity contribution in [3.8, 4) is 5.75 Å². The van der Waals surface area contributed by atoms with Crippen molar-refractivity contribution >= 4 is 15.7 Å². The van der Waals surface area contributed by atoms with Gasteiger partial charge in [-0.25, -0.2) is 12.8 Å². The lowest BCUT2D eigenvalue weighted by molar-refractivity contribution is -0.380. The van der Waals surface area contributed by atoms with E-state index < -0.39 is 16.1 Å². The average molecular weight is 439 g/mol. The third-order valence-electron chi connectivity index (χ3n) is 4.82. The van der Waals surface area contributed by atoms with E-state index >= 15 is 0 Å². The molecule has 0 aromatic heterocycles. The fourth-order valence-electron chi connectivity index (χ4n) is 3.18. The second-order valence-electron chi connectivity index (χ2n) is 7.09. The summed E-state index contributed by atoms with van der Waals surface area (Å²) in [6.45, 7) is 1.52. The van der Waals surface area contributed by atoms with E-state index in [9.17, 15) is 22.8 Å². The van der Waals surface area contributed by atoms with Gasteiger partial charge in [-0.15, -0.1) is 0 Å². The van der Waals surface area contributed by atoms with E-state index in [0.29, 0.717) is 19.6 Å². The number of hydrogen-bond donors (Lipinski definition) is 3. The van der Waals surface area contributed by atoms with Crippen molar-refractivity contribution < 1.29 is 27.8 Å². The summed E-state index contributed by atoms with van der Waals surface area (Å²) in [5, 5.41) is 14.8. The monoisotopic (exact) mass is 438 g/mol. The highest BCUT2D eigenvalue weighted by molar-refractivity contribution is 7.89. The van der Waals surface area contributed by atoms with Crippen molar-refractivity contribution in [2.75, 3.05) is 26.2 Å². The molecule has 0 bridgehead atoms. The summed E-state index contributed by atoms with van der Waals surface area (Å²) in [7, 11) is -3.64. The lowest BCUT2D eigenvalue weighted by Crippen LogP contribution is -2.56. The van der Waals surface area contributed by atoms with E-state index in [1.165, 1.54) is 34.6 Å². The van der Waals surface area contributed by atoms with Gasteiger partial charge in [-0.2, -0.15) is 4.31 Å². The molecule has 30 heavy (non-hydrogen) atoms. The molecule has 162 valence electrons. The highest BCUT2D eigenvalue weighted by atomic mass is 32.2. The summed E-state index contributed by atoms with van der Waals surface area (Å²) in [5.74, 6) is -0.155. The molecule has 0 aliphatic carbocycles. The van der Waals surface area contributed by atoms with Gasteiger partial charge in [0.15, 0.2) is 5.75 Å². The Morgan fingerprint density at radius 1 is 1.17 bits per heavy atom. The van der Waals surface area contributed by atoms with Gasteiger partial charge in [0, 0.05) is 42.3 Å². The average Bonchev–Trinajstić information content (AvgIpc) is 3.29. The van der Waals surface area contributed by atoms with E-state index in [4.69, 9.17) is 4.74 Å². The van der Waals surface area contributed by atoms with Gasteiger partial charge in [-0.3, -0.25) is 0 Å². The van der Waals surface area contributed by atoms with Gasteiger partial charge in [0.2, 0.25) is 10.0 Å². The molecule has 1 aliphatic rings. The molecule has 1 saturated heterocycles. The number of rotatable bonds is 10. The predicted octanol–water partition coefficient (Wildman–Crippen LogP) is 0.618. The van der Waals surface area contributed by atoms with Gasteiger partial charge in [0.1, 0.15) is 18.5 Å². The Hall–Kier alpha value is -2.40. The van der Waals surface area contributed by atoms with Gasteiger partial charge in [-0.1, -0.05) is 12.1 Å². The van der Waals surface area contributed by atoms with Crippen molar-refractivity contribution in [2.24, 2.45) is 0 Å². The molecule has 2 aromatic rings. The number of hydrogen-bond acceptors (Lipinski definition) is 6.